The van der Waals surface area contributed by atoms with Gasteiger partial charge in [0.05, 0.1) is 24.9 Å². The lowest BCUT2D eigenvalue weighted by Crippen LogP contribution is -2.11. The number of methoxy groups -OCH3 is 2. The van der Waals surface area contributed by atoms with E-state index in [4.69, 9.17) is 30.2 Å². The molecule has 0 unspecified atom stereocenters. The molecule has 2 aromatic carbocycles. The van der Waals surface area contributed by atoms with Crippen LogP contribution in [0.3, 0.4) is 0 Å². The topological polar surface area (TPSA) is 69.9 Å². The summed E-state index contributed by atoms with van der Waals surface area (Å²) in [7, 11) is 3.01. The van der Waals surface area contributed by atoms with E-state index >= 15 is 0 Å². The number of nitrogens with one attached hydrogen (secondary N) is 1. The second-order valence-electron chi connectivity index (χ2n) is 5.51. The largest absolute Gasteiger partial charge is 0.493 e. The number of amides is 1. The van der Waals surface area contributed by atoms with Crippen molar-refractivity contribution in [2.24, 2.45) is 0 Å². The standard InChI is InChI=1S/C20H18ClNO5/c1-24-18-10-15(21)16(11-19(18)25-2)22-20(23)17-9-8-14(27-17)12-26-13-6-4-3-5-7-13/h3-11H,12H2,1-2H3,(H,22,23). The van der Waals surface area contributed by atoms with Gasteiger partial charge in [-0.2, -0.15) is 0 Å². The molecule has 0 bridgehead atoms. The summed E-state index contributed by atoms with van der Waals surface area (Å²) in [4.78, 5) is 12.4. The summed E-state index contributed by atoms with van der Waals surface area (Å²) < 4.78 is 21.5. The number of benzene rings is 2. The van der Waals surface area contributed by atoms with Crippen LogP contribution in [0.15, 0.2) is 59.0 Å². The third kappa shape index (κ3) is 4.54. The van der Waals surface area contributed by atoms with Gasteiger partial charge in [0.25, 0.3) is 5.91 Å². The zero-order valence-corrected chi connectivity index (χ0v) is 15.6. The van der Waals surface area contributed by atoms with Crippen molar-refractivity contribution in [1.82, 2.24) is 0 Å². The first kappa shape index (κ1) is 18.7. The average Bonchev–Trinajstić information content (AvgIpc) is 3.17. The van der Waals surface area contributed by atoms with E-state index in [1.54, 1.807) is 24.3 Å². The Morgan fingerprint density at radius 1 is 1.04 bits per heavy atom. The summed E-state index contributed by atoms with van der Waals surface area (Å²) in [5.74, 6) is 1.88. The van der Waals surface area contributed by atoms with Crippen molar-refractivity contribution in [3.8, 4) is 17.2 Å². The summed E-state index contributed by atoms with van der Waals surface area (Å²) in [5.41, 5.74) is 0.387. The molecule has 0 saturated carbocycles. The lowest BCUT2D eigenvalue weighted by atomic mass is 10.2. The second-order valence-corrected chi connectivity index (χ2v) is 5.92. The maximum absolute atomic E-state index is 12.4. The van der Waals surface area contributed by atoms with E-state index in [-0.39, 0.29) is 12.4 Å². The van der Waals surface area contributed by atoms with Gasteiger partial charge in [0, 0.05) is 12.1 Å². The molecule has 7 heteroatoms. The highest BCUT2D eigenvalue weighted by atomic mass is 35.5. The third-order valence-corrected chi connectivity index (χ3v) is 4.04. The Hall–Kier alpha value is -3.12. The minimum absolute atomic E-state index is 0.146. The Morgan fingerprint density at radius 2 is 1.74 bits per heavy atom. The van der Waals surface area contributed by atoms with Crippen molar-refractivity contribution in [1.29, 1.82) is 0 Å². The summed E-state index contributed by atoms with van der Waals surface area (Å²) in [6, 6.07) is 15.8. The summed E-state index contributed by atoms with van der Waals surface area (Å²) >= 11 is 6.19. The van der Waals surface area contributed by atoms with Gasteiger partial charge >= 0.3 is 0 Å². The number of furan rings is 1. The van der Waals surface area contributed by atoms with E-state index in [0.717, 1.165) is 5.75 Å². The zero-order valence-electron chi connectivity index (χ0n) is 14.8. The van der Waals surface area contributed by atoms with Gasteiger partial charge in [0.2, 0.25) is 0 Å². The van der Waals surface area contributed by atoms with Crippen LogP contribution in [-0.2, 0) is 6.61 Å². The van der Waals surface area contributed by atoms with Crippen LogP contribution in [0, 0.1) is 0 Å². The van der Waals surface area contributed by atoms with Gasteiger partial charge in [-0.25, -0.2) is 0 Å². The van der Waals surface area contributed by atoms with Gasteiger partial charge in [0.1, 0.15) is 18.1 Å². The SMILES string of the molecule is COc1cc(Cl)c(NC(=O)c2ccc(COc3ccccc3)o2)cc1OC. The molecule has 1 heterocycles. The van der Waals surface area contributed by atoms with E-state index < -0.39 is 5.91 Å². The van der Waals surface area contributed by atoms with Crippen LogP contribution in [-0.4, -0.2) is 20.1 Å². The normalized spacial score (nSPS) is 10.3. The van der Waals surface area contributed by atoms with Crippen LogP contribution in [0.4, 0.5) is 5.69 Å². The summed E-state index contributed by atoms with van der Waals surface area (Å²) in [6.45, 7) is 0.217. The van der Waals surface area contributed by atoms with Crippen LogP contribution < -0.4 is 19.5 Å². The van der Waals surface area contributed by atoms with Gasteiger partial charge in [-0.05, 0) is 24.3 Å². The average molecular weight is 388 g/mol. The van der Waals surface area contributed by atoms with Crippen LogP contribution >= 0.6 is 11.6 Å². The van der Waals surface area contributed by atoms with E-state index in [1.165, 1.54) is 14.2 Å². The quantitative estimate of drug-likeness (QED) is 0.631. The fraction of sp³-hybridized carbons (Fsp3) is 0.150. The zero-order chi connectivity index (χ0) is 19.2. The second kappa shape index (κ2) is 8.51. The number of para-hydroxylation sites is 1. The lowest BCUT2D eigenvalue weighted by Gasteiger charge is -2.12. The lowest BCUT2D eigenvalue weighted by molar-refractivity contribution is 0.0992. The highest BCUT2D eigenvalue weighted by Crippen LogP contribution is 2.36. The fourth-order valence-corrected chi connectivity index (χ4v) is 2.58. The van der Waals surface area contributed by atoms with Crippen LogP contribution in [0.25, 0.3) is 0 Å². The molecular weight excluding hydrogens is 370 g/mol. The first-order valence-corrected chi connectivity index (χ1v) is 8.48. The van der Waals surface area contributed by atoms with Gasteiger partial charge < -0.3 is 23.9 Å². The number of carbonyl (C=O) groups is 1. The molecule has 6 nitrogen and oxygen atoms in total. The number of hydrogen-bond acceptors (Lipinski definition) is 5. The number of halogens is 1. The predicted molar refractivity (Wildman–Crippen MR) is 102 cm³/mol. The Bertz CT molecular complexity index is 923. The summed E-state index contributed by atoms with van der Waals surface area (Å²) in [6.07, 6.45) is 0. The Kier molecular flexibility index (Phi) is 5.88. The van der Waals surface area contributed by atoms with Gasteiger partial charge in [-0.15, -0.1) is 0 Å². The molecule has 0 aliphatic rings. The molecule has 3 aromatic rings. The number of carbonyl (C=O) groups excluding carboxylic acids is 1. The molecule has 0 aliphatic carbocycles. The maximum atomic E-state index is 12.4. The molecule has 0 saturated heterocycles. The first-order chi connectivity index (χ1) is 13.1. The molecule has 0 atom stereocenters. The molecule has 0 fully saturated rings. The van der Waals surface area contributed by atoms with Gasteiger partial charge in [-0.3, -0.25) is 4.79 Å². The third-order valence-electron chi connectivity index (χ3n) is 3.73. The highest BCUT2D eigenvalue weighted by Gasteiger charge is 2.16. The molecule has 1 aromatic heterocycles. The maximum Gasteiger partial charge on any atom is 0.291 e. The Balaban J connectivity index is 1.67. The molecule has 0 aliphatic heterocycles. The van der Waals surface area contributed by atoms with Crippen LogP contribution in [0.5, 0.6) is 17.2 Å². The highest BCUT2D eigenvalue weighted by molar-refractivity contribution is 6.34. The van der Waals surface area contributed by atoms with Crippen LogP contribution in [0.1, 0.15) is 16.3 Å². The van der Waals surface area contributed by atoms with E-state index in [0.29, 0.717) is 28.0 Å². The Morgan fingerprint density at radius 3 is 2.44 bits per heavy atom. The van der Waals surface area contributed by atoms with Crippen molar-refractivity contribution in [3.05, 3.63) is 71.1 Å². The van der Waals surface area contributed by atoms with E-state index in [2.05, 4.69) is 5.32 Å². The molecule has 0 radical (unpaired) electrons. The van der Waals surface area contributed by atoms with Crippen LogP contribution in [0.2, 0.25) is 5.02 Å². The predicted octanol–water partition coefficient (Wildman–Crippen LogP) is 4.78. The molecular formula is C20H18ClNO5. The van der Waals surface area contributed by atoms with Crippen molar-refractivity contribution >= 4 is 23.2 Å². The summed E-state index contributed by atoms with van der Waals surface area (Å²) in [5, 5.41) is 3.02. The minimum atomic E-state index is -0.435. The number of hydrogen-bond donors (Lipinski definition) is 1. The number of rotatable bonds is 7. The van der Waals surface area contributed by atoms with Crippen molar-refractivity contribution in [2.75, 3.05) is 19.5 Å². The van der Waals surface area contributed by atoms with Gasteiger partial charge in [0.15, 0.2) is 17.3 Å². The monoisotopic (exact) mass is 387 g/mol. The van der Waals surface area contributed by atoms with E-state index in [9.17, 15) is 4.79 Å². The molecule has 0 spiro atoms. The smallest absolute Gasteiger partial charge is 0.291 e. The van der Waals surface area contributed by atoms with Crippen molar-refractivity contribution in [3.63, 3.8) is 0 Å². The molecule has 1 amide bonds. The minimum Gasteiger partial charge on any atom is -0.493 e. The molecule has 140 valence electrons. The van der Waals surface area contributed by atoms with E-state index in [1.807, 2.05) is 30.3 Å². The van der Waals surface area contributed by atoms with Crippen molar-refractivity contribution < 1.29 is 23.4 Å². The molecule has 1 N–H and O–H groups in total. The Labute approximate surface area is 161 Å². The fourth-order valence-electron chi connectivity index (χ4n) is 2.38. The van der Waals surface area contributed by atoms with Crippen molar-refractivity contribution in [2.45, 2.75) is 6.61 Å². The molecule has 27 heavy (non-hydrogen) atoms. The first-order valence-electron chi connectivity index (χ1n) is 8.10. The number of anilines is 1. The molecule has 3 rings (SSSR count). The van der Waals surface area contributed by atoms with Gasteiger partial charge in [-0.1, -0.05) is 29.8 Å². The number of ether oxygens (including phenoxy) is 3.